The predicted molar refractivity (Wildman–Crippen MR) is 87.4 cm³/mol. The number of nitrogens with one attached hydrogen (secondary N) is 1. The van der Waals surface area contributed by atoms with Gasteiger partial charge in [0, 0.05) is 38.8 Å². The van der Waals surface area contributed by atoms with Crippen LogP contribution in [0, 0.1) is 0 Å². The Kier molecular flexibility index (Phi) is 4.19. The Morgan fingerprint density at radius 3 is 2.57 bits per heavy atom. The highest BCUT2D eigenvalue weighted by atomic mass is 16.2. The summed E-state index contributed by atoms with van der Waals surface area (Å²) in [6, 6.07) is 11.5. The second-order valence-corrected chi connectivity index (χ2v) is 5.96. The van der Waals surface area contributed by atoms with Crippen molar-refractivity contribution in [3.63, 3.8) is 0 Å². The van der Waals surface area contributed by atoms with E-state index in [2.05, 4.69) is 5.32 Å². The van der Waals surface area contributed by atoms with Crippen LogP contribution in [0.15, 0.2) is 42.6 Å². The fourth-order valence-electron chi connectivity index (χ4n) is 3.06. The van der Waals surface area contributed by atoms with Crippen LogP contribution in [0.5, 0.6) is 0 Å². The van der Waals surface area contributed by atoms with Crippen LogP contribution in [-0.4, -0.2) is 27.3 Å². The molecule has 0 aliphatic carbocycles. The van der Waals surface area contributed by atoms with Gasteiger partial charge in [-0.3, -0.25) is 9.59 Å². The van der Waals surface area contributed by atoms with Crippen molar-refractivity contribution < 1.29 is 9.59 Å². The summed E-state index contributed by atoms with van der Waals surface area (Å²) in [5.74, 6) is -0.172. The van der Waals surface area contributed by atoms with Crippen LogP contribution in [0.25, 0.3) is 0 Å². The molecule has 5 nitrogen and oxygen atoms in total. The van der Waals surface area contributed by atoms with Gasteiger partial charge >= 0.3 is 0 Å². The molecule has 1 N–H and O–H groups in total. The van der Waals surface area contributed by atoms with Gasteiger partial charge in [-0.2, -0.15) is 0 Å². The smallest absolute Gasteiger partial charge is 0.243 e. The summed E-state index contributed by atoms with van der Waals surface area (Å²) in [6.45, 7) is 2.48. The monoisotopic (exact) mass is 311 g/mol. The van der Waals surface area contributed by atoms with Crippen molar-refractivity contribution in [2.75, 3.05) is 0 Å². The molecule has 2 amide bonds. The lowest BCUT2D eigenvalue weighted by atomic mass is 9.93. The Labute approximate surface area is 135 Å². The number of carbonyl (C=O) groups excluding carboxylic acids is 2. The molecule has 0 saturated carbocycles. The van der Waals surface area contributed by atoms with Crippen molar-refractivity contribution in [3.05, 3.63) is 59.4 Å². The zero-order valence-corrected chi connectivity index (χ0v) is 13.5. The molecular formula is C18H21N3O2. The Bertz CT molecular complexity index is 735. The van der Waals surface area contributed by atoms with Crippen LogP contribution in [0.3, 0.4) is 0 Å². The number of carbonyl (C=O) groups is 2. The van der Waals surface area contributed by atoms with E-state index in [4.69, 9.17) is 0 Å². The number of rotatable bonds is 3. The lowest BCUT2D eigenvalue weighted by Crippen LogP contribution is -2.51. The third-order valence-electron chi connectivity index (χ3n) is 4.45. The summed E-state index contributed by atoms with van der Waals surface area (Å²) in [5, 5.41) is 2.96. The van der Waals surface area contributed by atoms with E-state index in [0.29, 0.717) is 19.5 Å². The van der Waals surface area contributed by atoms with Gasteiger partial charge in [-0.1, -0.05) is 24.3 Å². The molecule has 0 saturated heterocycles. The summed E-state index contributed by atoms with van der Waals surface area (Å²) in [7, 11) is 1.94. The van der Waals surface area contributed by atoms with Crippen LogP contribution in [0.1, 0.15) is 23.7 Å². The van der Waals surface area contributed by atoms with Crippen molar-refractivity contribution in [2.24, 2.45) is 7.05 Å². The average molecular weight is 311 g/mol. The first-order valence-electron chi connectivity index (χ1n) is 7.78. The van der Waals surface area contributed by atoms with E-state index in [0.717, 1.165) is 16.8 Å². The zero-order valence-electron chi connectivity index (χ0n) is 13.5. The Morgan fingerprint density at radius 1 is 1.17 bits per heavy atom. The largest absolute Gasteiger partial charge is 0.353 e. The highest BCUT2D eigenvalue weighted by Gasteiger charge is 2.32. The summed E-state index contributed by atoms with van der Waals surface area (Å²) in [5.41, 5.74) is 3.29. The molecule has 1 aromatic carbocycles. The minimum absolute atomic E-state index is 0.0708. The van der Waals surface area contributed by atoms with Crippen molar-refractivity contribution >= 4 is 11.8 Å². The number of hydrogen-bond acceptors (Lipinski definition) is 2. The van der Waals surface area contributed by atoms with Gasteiger partial charge in [0.05, 0.1) is 6.54 Å². The van der Waals surface area contributed by atoms with Gasteiger partial charge in [-0.15, -0.1) is 0 Å². The van der Waals surface area contributed by atoms with Gasteiger partial charge in [0.15, 0.2) is 0 Å². The van der Waals surface area contributed by atoms with E-state index >= 15 is 0 Å². The van der Waals surface area contributed by atoms with Crippen molar-refractivity contribution in [3.8, 4) is 0 Å². The van der Waals surface area contributed by atoms with Gasteiger partial charge in [-0.25, -0.2) is 0 Å². The molecule has 0 spiro atoms. The average Bonchev–Trinajstić information content (AvgIpc) is 2.96. The van der Waals surface area contributed by atoms with E-state index < -0.39 is 6.04 Å². The number of aryl methyl sites for hydroxylation is 1. The minimum atomic E-state index is -0.442. The van der Waals surface area contributed by atoms with Gasteiger partial charge in [0.25, 0.3) is 0 Å². The Balaban J connectivity index is 1.75. The maximum Gasteiger partial charge on any atom is 0.243 e. The van der Waals surface area contributed by atoms with Gasteiger partial charge in [0.2, 0.25) is 11.8 Å². The first kappa shape index (κ1) is 15.3. The minimum Gasteiger partial charge on any atom is -0.353 e. The Morgan fingerprint density at radius 2 is 1.91 bits per heavy atom. The number of aromatic nitrogens is 1. The highest BCUT2D eigenvalue weighted by Crippen LogP contribution is 2.23. The van der Waals surface area contributed by atoms with E-state index in [9.17, 15) is 9.59 Å². The third kappa shape index (κ3) is 3.13. The maximum atomic E-state index is 12.6. The maximum absolute atomic E-state index is 12.6. The first-order valence-corrected chi connectivity index (χ1v) is 7.78. The molecule has 0 bridgehead atoms. The van der Waals surface area contributed by atoms with E-state index in [1.54, 1.807) is 4.90 Å². The topological polar surface area (TPSA) is 54.3 Å². The highest BCUT2D eigenvalue weighted by molar-refractivity contribution is 5.87. The molecular weight excluding hydrogens is 290 g/mol. The molecule has 1 aliphatic heterocycles. The normalized spacial score (nSPS) is 16.8. The molecule has 2 heterocycles. The van der Waals surface area contributed by atoms with Crippen LogP contribution in [0.4, 0.5) is 0 Å². The molecule has 3 rings (SSSR count). The standard InChI is InChI=1S/C18H21N3O2/c1-13(22)21-12-15-7-4-3-6-14(15)10-17(21)18(23)19-11-16-8-5-9-20(16)2/h3-9,17H,10-12H2,1-2H3,(H,19,23). The van der Waals surface area contributed by atoms with Gasteiger partial charge in [0.1, 0.15) is 6.04 Å². The lowest BCUT2D eigenvalue weighted by molar-refractivity contribution is -0.140. The summed E-state index contributed by atoms with van der Waals surface area (Å²) in [6.07, 6.45) is 2.51. The number of amides is 2. The first-order chi connectivity index (χ1) is 11.1. The number of nitrogens with zero attached hydrogens (tertiary/aromatic N) is 2. The molecule has 1 aromatic heterocycles. The molecule has 1 unspecified atom stereocenters. The van der Waals surface area contributed by atoms with Crippen LogP contribution < -0.4 is 5.32 Å². The fourth-order valence-corrected chi connectivity index (χ4v) is 3.06. The lowest BCUT2D eigenvalue weighted by Gasteiger charge is -2.35. The second-order valence-electron chi connectivity index (χ2n) is 5.96. The predicted octanol–water partition coefficient (Wildman–Crippen LogP) is 1.61. The Hall–Kier alpha value is -2.56. The third-order valence-corrected chi connectivity index (χ3v) is 4.45. The van der Waals surface area contributed by atoms with E-state index in [1.807, 2.05) is 54.2 Å². The van der Waals surface area contributed by atoms with Crippen molar-refractivity contribution in [1.29, 1.82) is 0 Å². The summed E-state index contributed by atoms with van der Waals surface area (Å²) >= 11 is 0. The summed E-state index contributed by atoms with van der Waals surface area (Å²) in [4.78, 5) is 26.2. The quantitative estimate of drug-likeness (QED) is 0.936. The molecule has 120 valence electrons. The molecule has 23 heavy (non-hydrogen) atoms. The fraction of sp³-hybridized carbons (Fsp3) is 0.333. The summed E-state index contributed by atoms with van der Waals surface area (Å²) < 4.78 is 1.97. The van der Waals surface area contributed by atoms with Crippen molar-refractivity contribution in [2.45, 2.75) is 32.5 Å². The molecule has 0 fully saturated rings. The van der Waals surface area contributed by atoms with Gasteiger partial charge in [-0.05, 0) is 23.3 Å². The second kappa shape index (κ2) is 6.28. The van der Waals surface area contributed by atoms with E-state index in [1.165, 1.54) is 6.92 Å². The van der Waals surface area contributed by atoms with Crippen LogP contribution in [0.2, 0.25) is 0 Å². The van der Waals surface area contributed by atoms with Crippen LogP contribution in [-0.2, 0) is 36.1 Å². The molecule has 1 atom stereocenters. The molecule has 0 radical (unpaired) electrons. The molecule has 1 aliphatic rings. The number of hydrogen-bond donors (Lipinski definition) is 1. The molecule has 5 heteroatoms. The van der Waals surface area contributed by atoms with E-state index in [-0.39, 0.29) is 11.8 Å². The van der Waals surface area contributed by atoms with Gasteiger partial charge < -0.3 is 14.8 Å². The number of benzene rings is 1. The SMILES string of the molecule is CC(=O)N1Cc2ccccc2CC1C(=O)NCc1cccn1C. The van der Waals surface area contributed by atoms with Crippen molar-refractivity contribution in [1.82, 2.24) is 14.8 Å². The molecule has 2 aromatic rings. The number of fused-ring (bicyclic) bond motifs is 1. The zero-order chi connectivity index (χ0) is 16.4. The van der Waals surface area contributed by atoms with Crippen LogP contribution >= 0.6 is 0 Å².